The van der Waals surface area contributed by atoms with Crippen LogP contribution in [0.3, 0.4) is 0 Å². The van der Waals surface area contributed by atoms with Gasteiger partial charge in [0.25, 0.3) is 11.6 Å². The molecule has 0 atom stereocenters. The second-order valence-corrected chi connectivity index (χ2v) is 4.06. The predicted octanol–water partition coefficient (Wildman–Crippen LogP) is 1.65. The molecule has 2 rings (SSSR count). The van der Waals surface area contributed by atoms with Gasteiger partial charge < -0.3 is 14.8 Å². The first-order chi connectivity index (χ1) is 10.5. The molecule has 0 bridgehead atoms. The lowest BCUT2D eigenvalue weighted by atomic mass is 10.2. The number of carbonyl (C=O) groups is 1. The quantitative estimate of drug-likeness (QED) is 0.659. The van der Waals surface area contributed by atoms with Crippen molar-refractivity contribution in [3.05, 3.63) is 46.1 Å². The fourth-order valence-electron chi connectivity index (χ4n) is 1.64. The van der Waals surface area contributed by atoms with Crippen LogP contribution in [0.2, 0.25) is 0 Å². The maximum Gasteiger partial charge on any atom is 0.276 e. The fraction of sp³-hybridized carbons (Fsp3) is 0.154. The Bertz CT molecular complexity index is 702. The third-order valence-corrected chi connectivity index (χ3v) is 2.72. The Hall–Kier alpha value is -3.23. The molecule has 0 aliphatic heterocycles. The number of carbonyl (C=O) groups excluding carboxylic acids is 1. The van der Waals surface area contributed by atoms with Crippen molar-refractivity contribution in [1.82, 2.24) is 10.2 Å². The van der Waals surface area contributed by atoms with Crippen LogP contribution in [-0.4, -0.2) is 35.2 Å². The molecule has 0 unspecified atom stereocenters. The number of nitro benzene ring substituents is 1. The number of anilines is 1. The molecule has 2 aromatic rings. The summed E-state index contributed by atoms with van der Waals surface area (Å²) in [6.45, 7) is 0. The molecule has 0 fully saturated rings. The molecule has 1 heterocycles. The number of hydrogen-bond acceptors (Lipinski definition) is 7. The minimum atomic E-state index is -0.575. The number of nitro groups is 1. The van der Waals surface area contributed by atoms with Crippen LogP contribution in [0.25, 0.3) is 0 Å². The lowest BCUT2D eigenvalue weighted by Crippen LogP contribution is -2.15. The van der Waals surface area contributed by atoms with Crippen molar-refractivity contribution in [3.8, 4) is 11.6 Å². The summed E-state index contributed by atoms with van der Waals surface area (Å²) in [5.41, 5.74) is 0.0330. The summed E-state index contributed by atoms with van der Waals surface area (Å²) in [6.07, 6.45) is 0. The predicted molar refractivity (Wildman–Crippen MR) is 76.2 cm³/mol. The summed E-state index contributed by atoms with van der Waals surface area (Å²) in [5, 5.41) is 20.7. The first-order valence-electron chi connectivity index (χ1n) is 6.06. The Morgan fingerprint density at radius 2 is 1.95 bits per heavy atom. The van der Waals surface area contributed by atoms with E-state index in [1.807, 2.05) is 0 Å². The SMILES string of the molecule is COc1ccc(C(=O)Nc2cc([N+](=O)[O-])ccc2OC)nn1. The lowest BCUT2D eigenvalue weighted by molar-refractivity contribution is -0.384. The summed E-state index contributed by atoms with van der Waals surface area (Å²) in [5.74, 6) is -0.0150. The Balaban J connectivity index is 2.26. The molecule has 9 nitrogen and oxygen atoms in total. The van der Waals surface area contributed by atoms with Crippen LogP contribution in [0.15, 0.2) is 30.3 Å². The number of methoxy groups -OCH3 is 2. The molecule has 9 heteroatoms. The second-order valence-electron chi connectivity index (χ2n) is 4.06. The molecule has 0 aliphatic rings. The topological polar surface area (TPSA) is 116 Å². The zero-order valence-corrected chi connectivity index (χ0v) is 11.8. The Morgan fingerprint density at radius 1 is 1.18 bits per heavy atom. The number of benzene rings is 1. The molecular formula is C13H12N4O5. The van der Waals surface area contributed by atoms with Crippen LogP contribution >= 0.6 is 0 Å². The minimum absolute atomic E-state index is 0.0364. The van der Waals surface area contributed by atoms with Crippen LogP contribution in [0.5, 0.6) is 11.6 Å². The normalized spacial score (nSPS) is 9.91. The van der Waals surface area contributed by atoms with Gasteiger partial charge in [-0.3, -0.25) is 14.9 Å². The third kappa shape index (κ3) is 3.26. The smallest absolute Gasteiger partial charge is 0.276 e. The van der Waals surface area contributed by atoms with Crippen LogP contribution in [0, 0.1) is 10.1 Å². The number of nitrogens with zero attached hydrogens (tertiary/aromatic N) is 3. The van der Waals surface area contributed by atoms with E-state index in [4.69, 9.17) is 9.47 Å². The second kappa shape index (κ2) is 6.48. The van der Waals surface area contributed by atoms with Gasteiger partial charge in [-0.15, -0.1) is 10.2 Å². The summed E-state index contributed by atoms with van der Waals surface area (Å²) in [7, 11) is 2.82. The first kappa shape index (κ1) is 15.2. The van der Waals surface area contributed by atoms with E-state index in [2.05, 4.69) is 15.5 Å². The average molecular weight is 304 g/mol. The van der Waals surface area contributed by atoms with Gasteiger partial charge in [0.1, 0.15) is 5.75 Å². The van der Waals surface area contributed by atoms with Crippen molar-refractivity contribution < 1.29 is 19.2 Å². The maximum atomic E-state index is 12.1. The van der Waals surface area contributed by atoms with E-state index in [0.717, 1.165) is 0 Å². The minimum Gasteiger partial charge on any atom is -0.495 e. The molecule has 0 radical (unpaired) electrons. The van der Waals surface area contributed by atoms with Gasteiger partial charge in [-0.2, -0.15) is 0 Å². The molecule has 1 N–H and O–H groups in total. The van der Waals surface area contributed by atoms with Crippen LogP contribution in [0.4, 0.5) is 11.4 Å². The highest BCUT2D eigenvalue weighted by Gasteiger charge is 2.15. The van der Waals surface area contributed by atoms with Crippen LogP contribution in [-0.2, 0) is 0 Å². The molecule has 114 valence electrons. The zero-order valence-electron chi connectivity index (χ0n) is 11.8. The average Bonchev–Trinajstić information content (AvgIpc) is 2.54. The van der Waals surface area contributed by atoms with Gasteiger partial charge in [-0.25, -0.2) is 0 Å². The molecule has 0 saturated heterocycles. The van der Waals surface area contributed by atoms with E-state index in [-0.39, 0.29) is 22.9 Å². The van der Waals surface area contributed by atoms with Crippen LogP contribution in [0.1, 0.15) is 10.5 Å². The van der Waals surface area contributed by atoms with Gasteiger partial charge in [0.15, 0.2) is 5.69 Å². The molecule has 1 amide bonds. The van der Waals surface area contributed by atoms with Gasteiger partial charge in [0.2, 0.25) is 5.88 Å². The number of nitrogens with one attached hydrogen (secondary N) is 1. The standard InChI is InChI=1S/C13H12N4O5/c1-21-11-5-3-8(17(19)20)7-10(11)14-13(18)9-4-6-12(22-2)16-15-9/h3-7H,1-2H3,(H,14,18). The van der Waals surface area contributed by atoms with Crippen molar-refractivity contribution in [2.24, 2.45) is 0 Å². The van der Waals surface area contributed by atoms with Gasteiger partial charge in [-0.1, -0.05) is 0 Å². The number of non-ortho nitro benzene ring substituents is 1. The monoisotopic (exact) mass is 304 g/mol. The molecule has 0 aliphatic carbocycles. The highest BCUT2D eigenvalue weighted by atomic mass is 16.6. The Labute approximate surface area is 125 Å². The van der Waals surface area contributed by atoms with Crippen molar-refractivity contribution in [3.63, 3.8) is 0 Å². The van der Waals surface area contributed by atoms with Gasteiger partial charge >= 0.3 is 0 Å². The third-order valence-electron chi connectivity index (χ3n) is 2.72. The van der Waals surface area contributed by atoms with Crippen LogP contribution < -0.4 is 14.8 Å². The maximum absolute atomic E-state index is 12.1. The summed E-state index contributed by atoms with van der Waals surface area (Å²) in [6, 6.07) is 6.78. The highest BCUT2D eigenvalue weighted by Crippen LogP contribution is 2.29. The van der Waals surface area contributed by atoms with Gasteiger partial charge in [0, 0.05) is 18.2 Å². The number of hydrogen-bond donors (Lipinski definition) is 1. The van der Waals surface area contributed by atoms with E-state index in [0.29, 0.717) is 5.75 Å². The fourth-order valence-corrected chi connectivity index (χ4v) is 1.64. The first-order valence-corrected chi connectivity index (χ1v) is 6.06. The largest absolute Gasteiger partial charge is 0.495 e. The van der Waals surface area contributed by atoms with Crippen molar-refractivity contribution in [2.75, 3.05) is 19.5 Å². The highest BCUT2D eigenvalue weighted by molar-refractivity contribution is 6.03. The summed E-state index contributed by atoms with van der Waals surface area (Å²) < 4.78 is 9.91. The molecule has 0 saturated carbocycles. The molecule has 0 spiro atoms. The van der Waals surface area contributed by atoms with E-state index >= 15 is 0 Å². The molecule has 1 aromatic carbocycles. The van der Waals surface area contributed by atoms with Gasteiger partial charge in [0.05, 0.1) is 24.8 Å². The number of rotatable bonds is 5. The van der Waals surface area contributed by atoms with E-state index < -0.39 is 10.8 Å². The van der Waals surface area contributed by atoms with Crippen molar-refractivity contribution >= 4 is 17.3 Å². The number of amides is 1. The van der Waals surface area contributed by atoms with Crippen molar-refractivity contribution in [2.45, 2.75) is 0 Å². The zero-order chi connectivity index (χ0) is 16.1. The van der Waals surface area contributed by atoms with Crippen molar-refractivity contribution in [1.29, 1.82) is 0 Å². The molecule has 22 heavy (non-hydrogen) atoms. The van der Waals surface area contributed by atoms with Gasteiger partial charge in [-0.05, 0) is 12.1 Å². The molecular weight excluding hydrogens is 292 g/mol. The number of ether oxygens (including phenoxy) is 2. The van der Waals surface area contributed by atoms with E-state index in [1.165, 1.54) is 44.6 Å². The summed E-state index contributed by atoms with van der Waals surface area (Å²) >= 11 is 0. The Morgan fingerprint density at radius 3 is 2.50 bits per heavy atom. The van der Waals surface area contributed by atoms with E-state index in [1.54, 1.807) is 0 Å². The van der Waals surface area contributed by atoms with E-state index in [9.17, 15) is 14.9 Å². The number of aromatic nitrogens is 2. The lowest BCUT2D eigenvalue weighted by Gasteiger charge is -2.09. The summed E-state index contributed by atoms with van der Waals surface area (Å²) in [4.78, 5) is 22.3. The Kier molecular flexibility index (Phi) is 4.47. The molecule has 1 aromatic heterocycles.